The number of aliphatic hydroxyl groups excluding tert-OH is 1. The number of amides is 1. The molecule has 1 aromatic carbocycles. The van der Waals surface area contributed by atoms with E-state index in [-0.39, 0.29) is 36.1 Å². The average Bonchev–Trinajstić information content (AvgIpc) is 3.18. The van der Waals surface area contributed by atoms with E-state index in [9.17, 15) is 14.7 Å². The predicted molar refractivity (Wildman–Crippen MR) is 130 cm³/mol. The Kier molecular flexibility index (Phi) is 7.78. The van der Waals surface area contributed by atoms with Crippen LogP contribution in [-0.2, 0) is 14.3 Å². The lowest BCUT2D eigenvalue weighted by Gasteiger charge is -2.40. The maximum atomic E-state index is 13.4. The Morgan fingerprint density at radius 3 is 2.68 bits per heavy atom. The zero-order valence-electron chi connectivity index (χ0n) is 20.4. The minimum Gasteiger partial charge on any atom is -0.459 e. The van der Waals surface area contributed by atoms with Gasteiger partial charge in [0.05, 0.1) is 11.0 Å². The number of allylic oxidation sites excluding steroid dienone is 1. The van der Waals surface area contributed by atoms with Crippen LogP contribution in [0.2, 0.25) is 0 Å². The molecular formula is C26H37N3O5. The van der Waals surface area contributed by atoms with Gasteiger partial charge >= 0.3 is 5.69 Å². The van der Waals surface area contributed by atoms with E-state index in [1.165, 1.54) is 0 Å². The fourth-order valence-corrected chi connectivity index (χ4v) is 5.44. The zero-order chi connectivity index (χ0) is 24.2. The Balaban J connectivity index is 1.48. The average molecular weight is 472 g/mol. The van der Waals surface area contributed by atoms with Gasteiger partial charge in [0.15, 0.2) is 5.76 Å². The third kappa shape index (κ3) is 4.93. The van der Waals surface area contributed by atoms with Crippen molar-refractivity contribution in [2.24, 2.45) is 17.8 Å². The van der Waals surface area contributed by atoms with Crippen molar-refractivity contribution >= 4 is 16.9 Å². The Morgan fingerprint density at radius 2 is 2.00 bits per heavy atom. The largest absolute Gasteiger partial charge is 0.459 e. The zero-order valence-corrected chi connectivity index (χ0v) is 20.4. The number of fused-ring (bicyclic) bond motifs is 1. The minimum absolute atomic E-state index is 0.0522. The number of aromatic nitrogens is 2. The van der Waals surface area contributed by atoms with Crippen LogP contribution in [0.4, 0.5) is 0 Å². The third-order valence-electron chi connectivity index (χ3n) is 7.18. The van der Waals surface area contributed by atoms with Crippen molar-refractivity contribution in [2.45, 2.75) is 58.8 Å². The number of imidazole rings is 1. The van der Waals surface area contributed by atoms with Crippen molar-refractivity contribution in [3.05, 3.63) is 46.6 Å². The lowest BCUT2D eigenvalue weighted by atomic mass is 9.78. The van der Waals surface area contributed by atoms with Crippen LogP contribution >= 0.6 is 0 Å². The molecule has 34 heavy (non-hydrogen) atoms. The molecule has 2 N–H and O–H groups in total. The van der Waals surface area contributed by atoms with Crippen molar-refractivity contribution in [2.75, 3.05) is 26.3 Å². The second kappa shape index (κ2) is 10.8. The van der Waals surface area contributed by atoms with Gasteiger partial charge in [-0.15, -0.1) is 0 Å². The van der Waals surface area contributed by atoms with Crippen LogP contribution in [0.3, 0.4) is 0 Å². The quantitative estimate of drug-likeness (QED) is 0.615. The van der Waals surface area contributed by atoms with Gasteiger partial charge < -0.3 is 24.5 Å². The summed E-state index contributed by atoms with van der Waals surface area (Å²) in [4.78, 5) is 30.8. The molecule has 1 saturated heterocycles. The highest BCUT2D eigenvalue weighted by atomic mass is 16.7. The van der Waals surface area contributed by atoms with Crippen LogP contribution in [0, 0.1) is 17.8 Å². The molecule has 8 nitrogen and oxygen atoms in total. The van der Waals surface area contributed by atoms with Gasteiger partial charge in [0.25, 0.3) is 5.91 Å². The van der Waals surface area contributed by atoms with Crippen LogP contribution in [0.15, 0.2) is 40.9 Å². The summed E-state index contributed by atoms with van der Waals surface area (Å²) >= 11 is 0. The van der Waals surface area contributed by atoms with Gasteiger partial charge in [-0.05, 0) is 62.7 Å². The van der Waals surface area contributed by atoms with Crippen LogP contribution < -0.4 is 5.69 Å². The number of carbonyl (C=O) groups is 1. The summed E-state index contributed by atoms with van der Waals surface area (Å²) in [6.45, 7) is 7.98. The van der Waals surface area contributed by atoms with E-state index in [2.05, 4.69) is 18.8 Å². The summed E-state index contributed by atoms with van der Waals surface area (Å²) < 4.78 is 13.8. The standard InChI is InChI=1S/C26H37N3O5/c1-4-33-25-19(8-7-15-30)20(17(2)3)16-23(34-25)24(31)28-13-11-18(12-14-28)29-22-10-6-5-9-21(22)27-26(29)32/h5-6,9-10,16-20,25,30H,4,7-8,11-15H2,1-3H3,(H,27,32)/t19-,20-,25-/m1/s1. The second-order valence-electron chi connectivity index (χ2n) is 9.66. The summed E-state index contributed by atoms with van der Waals surface area (Å²) in [6, 6.07) is 7.77. The van der Waals surface area contributed by atoms with Crippen LogP contribution in [0.25, 0.3) is 11.0 Å². The summed E-state index contributed by atoms with van der Waals surface area (Å²) in [6.07, 6.45) is 4.37. The lowest BCUT2D eigenvalue weighted by Crippen LogP contribution is -2.45. The number of nitrogens with zero attached hydrogens (tertiary/aromatic N) is 2. The number of ether oxygens (including phenoxy) is 2. The van der Waals surface area contributed by atoms with Crippen molar-refractivity contribution in [3.8, 4) is 0 Å². The topological polar surface area (TPSA) is 96.8 Å². The van der Waals surface area contributed by atoms with Gasteiger partial charge in [-0.25, -0.2) is 4.79 Å². The first-order valence-electron chi connectivity index (χ1n) is 12.5. The van der Waals surface area contributed by atoms with Crippen LogP contribution in [0.1, 0.15) is 52.5 Å². The third-order valence-corrected chi connectivity index (χ3v) is 7.18. The molecule has 0 unspecified atom stereocenters. The van der Waals surface area contributed by atoms with Gasteiger partial charge in [0, 0.05) is 38.3 Å². The minimum atomic E-state index is -0.491. The van der Waals surface area contributed by atoms with E-state index >= 15 is 0 Å². The number of piperidine rings is 1. The number of hydrogen-bond donors (Lipinski definition) is 2. The normalized spacial score (nSPS) is 23.9. The number of benzene rings is 1. The first kappa shape index (κ1) is 24.5. The van der Waals surface area contributed by atoms with E-state index in [0.29, 0.717) is 50.6 Å². The van der Waals surface area contributed by atoms with Crippen molar-refractivity contribution in [1.82, 2.24) is 14.5 Å². The van der Waals surface area contributed by atoms with E-state index in [0.717, 1.165) is 17.5 Å². The Hall–Kier alpha value is -2.58. The SMILES string of the molecule is CCO[C@@H]1OC(C(=O)N2CCC(n3c(=O)[nH]c4ccccc43)CC2)=C[C@H](C(C)C)[C@H]1CCCO. The number of aromatic amines is 1. The highest BCUT2D eigenvalue weighted by Gasteiger charge is 2.39. The Morgan fingerprint density at radius 1 is 1.26 bits per heavy atom. The molecule has 0 bridgehead atoms. The summed E-state index contributed by atoms with van der Waals surface area (Å²) in [5.41, 5.74) is 1.64. The number of hydrogen-bond acceptors (Lipinski definition) is 5. The van der Waals surface area contributed by atoms with E-state index in [1.807, 2.05) is 46.7 Å². The molecule has 0 radical (unpaired) electrons. The number of rotatable bonds is 8. The first-order chi connectivity index (χ1) is 16.4. The predicted octanol–water partition coefficient (Wildman–Crippen LogP) is 3.43. The highest BCUT2D eigenvalue weighted by molar-refractivity contribution is 5.91. The van der Waals surface area contributed by atoms with Crippen LogP contribution in [0.5, 0.6) is 0 Å². The van der Waals surface area contributed by atoms with Gasteiger partial charge in [0.2, 0.25) is 6.29 Å². The lowest BCUT2D eigenvalue weighted by molar-refractivity contribution is -0.178. The number of carbonyl (C=O) groups excluding carboxylic acids is 1. The van der Waals surface area contributed by atoms with Crippen molar-refractivity contribution in [3.63, 3.8) is 0 Å². The molecule has 3 atom stereocenters. The molecule has 2 aromatic rings. The number of H-pyrrole nitrogens is 1. The van der Waals surface area contributed by atoms with Crippen molar-refractivity contribution in [1.29, 1.82) is 0 Å². The number of para-hydroxylation sites is 2. The van der Waals surface area contributed by atoms with E-state index in [4.69, 9.17) is 9.47 Å². The van der Waals surface area contributed by atoms with Gasteiger partial charge in [-0.1, -0.05) is 26.0 Å². The molecule has 4 rings (SSSR count). The summed E-state index contributed by atoms with van der Waals surface area (Å²) in [7, 11) is 0. The highest BCUT2D eigenvalue weighted by Crippen LogP contribution is 2.38. The fourth-order valence-electron chi connectivity index (χ4n) is 5.44. The molecule has 3 heterocycles. The summed E-state index contributed by atoms with van der Waals surface area (Å²) in [5.74, 6) is 0.805. The van der Waals surface area contributed by atoms with Crippen molar-refractivity contribution < 1.29 is 19.4 Å². The molecule has 1 fully saturated rings. The van der Waals surface area contributed by atoms with Gasteiger partial charge in [0.1, 0.15) is 0 Å². The van der Waals surface area contributed by atoms with Gasteiger partial charge in [-0.2, -0.15) is 0 Å². The molecule has 0 spiro atoms. The molecule has 0 aliphatic carbocycles. The molecule has 2 aliphatic rings. The van der Waals surface area contributed by atoms with E-state index < -0.39 is 6.29 Å². The molecule has 0 saturated carbocycles. The summed E-state index contributed by atoms with van der Waals surface area (Å²) in [5, 5.41) is 9.33. The second-order valence-corrected chi connectivity index (χ2v) is 9.66. The Bertz CT molecular complexity index is 1060. The molecular weight excluding hydrogens is 434 g/mol. The molecule has 1 amide bonds. The fraction of sp³-hybridized carbons (Fsp3) is 0.615. The smallest absolute Gasteiger partial charge is 0.326 e. The number of likely N-dealkylation sites (tertiary alicyclic amines) is 1. The maximum absolute atomic E-state index is 13.4. The molecule has 8 heteroatoms. The monoisotopic (exact) mass is 471 g/mol. The van der Waals surface area contributed by atoms with Gasteiger partial charge in [-0.3, -0.25) is 9.36 Å². The number of nitrogens with one attached hydrogen (secondary N) is 1. The first-order valence-corrected chi connectivity index (χ1v) is 12.5. The van der Waals surface area contributed by atoms with E-state index in [1.54, 1.807) is 0 Å². The Labute approximate surface area is 200 Å². The maximum Gasteiger partial charge on any atom is 0.326 e. The van der Waals surface area contributed by atoms with Crippen LogP contribution in [-0.4, -0.2) is 58.1 Å². The molecule has 1 aromatic heterocycles. The number of aliphatic hydroxyl groups is 1. The molecule has 2 aliphatic heterocycles. The molecule has 186 valence electrons.